The second kappa shape index (κ2) is 5.86. The van der Waals surface area contributed by atoms with Crippen LogP contribution in [0.1, 0.15) is 19.4 Å². The van der Waals surface area contributed by atoms with Crippen LogP contribution in [0, 0.1) is 0 Å². The largest absolute Gasteiger partial charge is 0.428 e. The lowest BCUT2D eigenvalue weighted by Gasteiger charge is -2.08. The van der Waals surface area contributed by atoms with Crippen molar-refractivity contribution >= 4 is 22.7 Å². The molecule has 0 unspecified atom stereocenters. The normalized spacial score (nSPS) is 11.4. The molecule has 2 nitrogen and oxygen atoms in total. The molecule has 0 saturated carbocycles. The summed E-state index contributed by atoms with van der Waals surface area (Å²) in [6, 6.07) is 18.1. The molecule has 3 heteroatoms. The van der Waals surface area contributed by atoms with E-state index in [4.69, 9.17) is 0 Å². The highest BCUT2D eigenvalue weighted by Crippen LogP contribution is 2.35. The predicted molar refractivity (Wildman–Crippen MR) is 91.0 cm³/mol. The molecule has 0 aliphatic carbocycles. The predicted octanol–water partition coefficient (Wildman–Crippen LogP) is 5.19. The Balaban J connectivity index is 2.21. The van der Waals surface area contributed by atoms with Crippen LogP contribution in [-0.2, 0) is 5.75 Å². The Morgan fingerprint density at radius 2 is 1.67 bits per heavy atom. The van der Waals surface area contributed by atoms with E-state index in [1.165, 1.54) is 10.3 Å². The third kappa shape index (κ3) is 2.66. The average molecular weight is 297 g/mol. The Hall–Kier alpha value is -1.87. The zero-order valence-electron chi connectivity index (χ0n) is 12.3. The molecule has 1 heterocycles. The van der Waals surface area contributed by atoms with Gasteiger partial charge < -0.3 is 5.21 Å². The first-order valence-electron chi connectivity index (χ1n) is 7.17. The van der Waals surface area contributed by atoms with E-state index in [2.05, 4.69) is 19.9 Å². The van der Waals surface area contributed by atoms with Crippen molar-refractivity contribution in [2.75, 3.05) is 0 Å². The number of hydrogen-bond acceptors (Lipinski definition) is 2. The van der Waals surface area contributed by atoms with Crippen LogP contribution in [0.5, 0.6) is 0 Å². The van der Waals surface area contributed by atoms with Gasteiger partial charge in [-0.05, 0) is 16.9 Å². The Bertz CT molecular complexity index is 747. The summed E-state index contributed by atoms with van der Waals surface area (Å²) in [5.74, 6) is 0.899. The number of rotatable bonds is 4. The van der Waals surface area contributed by atoms with E-state index in [-0.39, 0.29) is 0 Å². The number of aromatic nitrogens is 1. The van der Waals surface area contributed by atoms with Crippen molar-refractivity contribution in [2.45, 2.75) is 24.9 Å². The summed E-state index contributed by atoms with van der Waals surface area (Å²) < 4.78 is 1.33. The first kappa shape index (κ1) is 14.1. The zero-order chi connectivity index (χ0) is 14.8. The van der Waals surface area contributed by atoms with Crippen LogP contribution in [-0.4, -0.2) is 15.2 Å². The number of benzene rings is 2. The number of para-hydroxylation sites is 1. The lowest BCUT2D eigenvalue weighted by Crippen LogP contribution is -1.96. The maximum Gasteiger partial charge on any atom is 0.0919 e. The van der Waals surface area contributed by atoms with E-state index >= 15 is 0 Å². The maximum absolute atomic E-state index is 10.6. The minimum absolute atomic E-state index is 0.564. The van der Waals surface area contributed by atoms with Crippen molar-refractivity contribution in [1.29, 1.82) is 0 Å². The van der Waals surface area contributed by atoms with E-state index in [1.807, 2.05) is 60.3 Å². The highest BCUT2D eigenvalue weighted by atomic mass is 32.2. The first-order valence-corrected chi connectivity index (χ1v) is 8.22. The van der Waals surface area contributed by atoms with Gasteiger partial charge in [0, 0.05) is 16.7 Å². The summed E-state index contributed by atoms with van der Waals surface area (Å²) in [5.41, 5.74) is 4.04. The van der Waals surface area contributed by atoms with E-state index in [1.54, 1.807) is 0 Å². The maximum atomic E-state index is 10.6. The van der Waals surface area contributed by atoms with Gasteiger partial charge in [0.25, 0.3) is 0 Å². The lowest BCUT2D eigenvalue weighted by atomic mass is 10.1. The molecular formula is C18H19NOS. The van der Waals surface area contributed by atoms with Crippen molar-refractivity contribution in [2.24, 2.45) is 0 Å². The minimum atomic E-state index is 0.564. The number of fused-ring (bicyclic) bond motifs is 1. The summed E-state index contributed by atoms with van der Waals surface area (Å²) in [7, 11) is 0. The average Bonchev–Trinajstić information content (AvgIpc) is 2.79. The highest BCUT2D eigenvalue weighted by molar-refractivity contribution is 7.99. The fraction of sp³-hybridized carbons (Fsp3) is 0.222. The van der Waals surface area contributed by atoms with Gasteiger partial charge in [-0.1, -0.05) is 62.4 Å². The molecule has 0 saturated heterocycles. The molecule has 2 aromatic carbocycles. The summed E-state index contributed by atoms with van der Waals surface area (Å²) in [4.78, 5) is 0. The van der Waals surface area contributed by atoms with Crippen LogP contribution in [0.25, 0.3) is 22.2 Å². The molecule has 0 atom stereocenters. The zero-order valence-corrected chi connectivity index (χ0v) is 13.1. The molecule has 21 heavy (non-hydrogen) atoms. The summed E-state index contributed by atoms with van der Waals surface area (Å²) in [6.45, 7) is 4.40. The molecule has 0 amide bonds. The molecule has 0 fully saturated rings. The van der Waals surface area contributed by atoms with Gasteiger partial charge in [0.2, 0.25) is 0 Å². The fourth-order valence-corrected chi connectivity index (χ4v) is 3.37. The van der Waals surface area contributed by atoms with Gasteiger partial charge in [-0.3, -0.25) is 0 Å². The molecule has 0 bridgehead atoms. The Labute approximate surface area is 129 Å². The van der Waals surface area contributed by atoms with Crippen LogP contribution in [0.4, 0.5) is 0 Å². The van der Waals surface area contributed by atoms with Crippen molar-refractivity contribution in [3.05, 3.63) is 60.2 Å². The Morgan fingerprint density at radius 3 is 2.38 bits per heavy atom. The standard InChI is InChI=1S/C18H19NOS/c1-13(2)21-12-16-15-10-6-7-11-17(15)19(20)18(16)14-8-4-3-5-9-14/h3-11,13,20H,12H2,1-2H3. The molecule has 1 aromatic heterocycles. The second-order valence-electron chi connectivity index (χ2n) is 5.38. The van der Waals surface area contributed by atoms with Crippen LogP contribution in [0.3, 0.4) is 0 Å². The van der Waals surface area contributed by atoms with Crippen LogP contribution < -0.4 is 0 Å². The fourth-order valence-electron chi connectivity index (χ4n) is 2.58. The monoisotopic (exact) mass is 297 g/mol. The smallest absolute Gasteiger partial charge is 0.0919 e. The Morgan fingerprint density at radius 1 is 1.00 bits per heavy atom. The SMILES string of the molecule is CC(C)SCc1c(-c2ccccc2)n(O)c2ccccc12. The molecule has 0 aliphatic rings. The number of hydrogen-bond donors (Lipinski definition) is 1. The highest BCUT2D eigenvalue weighted by Gasteiger charge is 2.18. The molecule has 3 aromatic rings. The molecule has 0 spiro atoms. The van der Waals surface area contributed by atoms with Gasteiger partial charge in [-0.25, -0.2) is 0 Å². The summed E-state index contributed by atoms with van der Waals surface area (Å²) in [6.07, 6.45) is 0. The van der Waals surface area contributed by atoms with Crippen LogP contribution in [0.15, 0.2) is 54.6 Å². The van der Waals surface area contributed by atoms with Gasteiger partial charge in [-0.2, -0.15) is 16.5 Å². The van der Waals surface area contributed by atoms with Gasteiger partial charge in [0.1, 0.15) is 0 Å². The van der Waals surface area contributed by atoms with Gasteiger partial charge in [0.15, 0.2) is 0 Å². The van der Waals surface area contributed by atoms with Crippen molar-refractivity contribution in [3.63, 3.8) is 0 Å². The summed E-state index contributed by atoms with van der Waals surface area (Å²) >= 11 is 1.90. The third-order valence-electron chi connectivity index (χ3n) is 3.56. The van der Waals surface area contributed by atoms with Crippen LogP contribution in [0.2, 0.25) is 0 Å². The van der Waals surface area contributed by atoms with E-state index in [9.17, 15) is 5.21 Å². The molecular weight excluding hydrogens is 278 g/mol. The molecule has 0 radical (unpaired) electrons. The minimum Gasteiger partial charge on any atom is -0.428 e. The molecule has 0 aliphatic heterocycles. The second-order valence-corrected chi connectivity index (χ2v) is 6.95. The van der Waals surface area contributed by atoms with E-state index in [0.29, 0.717) is 5.25 Å². The topological polar surface area (TPSA) is 25.2 Å². The number of nitrogens with zero attached hydrogens (tertiary/aromatic N) is 1. The molecule has 3 rings (SSSR count). The summed E-state index contributed by atoms with van der Waals surface area (Å²) in [5, 5.41) is 12.3. The van der Waals surface area contributed by atoms with E-state index < -0.39 is 0 Å². The molecule has 1 N–H and O–H groups in total. The first-order chi connectivity index (χ1) is 10.2. The van der Waals surface area contributed by atoms with E-state index in [0.717, 1.165) is 27.9 Å². The van der Waals surface area contributed by atoms with Crippen LogP contribution >= 0.6 is 11.8 Å². The van der Waals surface area contributed by atoms with Crippen molar-refractivity contribution in [1.82, 2.24) is 4.73 Å². The molecule has 108 valence electrons. The van der Waals surface area contributed by atoms with Gasteiger partial charge in [-0.15, -0.1) is 0 Å². The van der Waals surface area contributed by atoms with Gasteiger partial charge >= 0.3 is 0 Å². The quantitative estimate of drug-likeness (QED) is 0.671. The van der Waals surface area contributed by atoms with Gasteiger partial charge in [0.05, 0.1) is 11.2 Å². The Kier molecular flexibility index (Phi) is 3.93. The van der Waals surface area contributed by atoms with Crippen molar-refractivity contribution < 1.29 is 5.21 Å². The van der Waals surface area contributed by atoms with Crippen molar-refractivity contribution in [3.8, 4) is 11.3 Å². The number of thioether (sulfide) groups is 1. The lowest BCUT2D eigenvalue weighted by molar-refractivity contribution is 0.204. The third-order valence-corrected chi connectivity index (χ3v) is 4.69.